The number of esters is 1. The Morgan fingerprint density at radius 2 is 1.89 bits per heavy atom. The molecule has 0 amide bonds. The summed E-state index contributed by atoms with van der Waals surface area (Å²) < 4.78 is 16.5. The quantitative estimate of drug-likeness (QED) is 0.485. The van der Waals surface area contributed by atoms with Crippen molar-refractivity contribution in [1.82, 2.24) is 0 Å². The lowest BCUT2D eigenvalue weighted by molar-refractivity contribution is -0.141. The monoisotopic (exact) mass is 420 g/mol. The van der Waals surface area contributed by atoms with Gasteiger partial charge in [0.2, 0.25) is 0 Å². The largest absolute Gasteiger partial charge is 0.491 e. The second-order valence-corrected chi connectivity index (χ2v) is 7.05. The Morgan fingerprint density at radius 3 is 2.54 bits per heavy atom. The van der Waals surface area contributed by atoms with E-state index >= 15 is 0 Å². The average molecular weight is 421 g/mol. The van der Waals surface area contributed by atoms with Crippen LogP contribution >= 0.6 is 23.2 Å². The fourth-order valence-corrected chi connectivity index (χ4v) is 3.15. The molecule has 3 rings (SSSR count). The first kappa shape index (κ1) is 20.2. The fourth-order valence-electron chi connectivity index (χ4n) is 2.70. The van der Waals surface area contributed by atoms with Crippen molar-refractivity contribution < 1.29 is 23.8 Å². The normalized spacial score (nSPS) is 16.6. The van der Waals surface area contributed by atoms with Crippen molar-refractivity contribution >= 4 is 40.7 Å². The second kappa shape index (κ2) is 8.67. The van der Waals surface area contributed by atoms with Gasteiger partial charge in [-0.05, 0) is 49.4 Å². The molecule has 0 bridgehead atoms. The van der Waals surface area contributed by atoms with E-state index in [0.29, 0.717) is 27.1 Å². The summed E-state index contributed by atoms with van der Waals surface area (Å²) in [4.78, 5) is 24.8. The van der Waals surface area contributed by atoms with Crippen LogP contribution in [-0.2, 0) is 19.1 Å². The minimum atomic E-state index is -0.678. The maximum atomic E-state index is 12.5. The molecule has 1 heterocycles. The molecule has 2 aromatic carbocycles. The highest BCUT2D eigenvalue weighted by molar-refractivity contribution is 6.35. The van der Waals surface area contributed by atoms with Gasteiger partial charge in [0.1, 0.15) is 22.8 Å². The van der Waals surface area contributed by atoms with Gasteiger partial charge in [-0.3, -0.25) is 4.79 Å². The summed E-state index contributed by atoms with van der Waals surface area (Å²) in [5.74, 6) is -0.157. The molecular formula is C21H18Cl2O5. The van der Waals surface area contributed by atoms with E-state index in [4.69, 9.17) is 37.4 Å². The Labute approximate surface area is 172 Å². The smallest absolute Gasteiger partial charge is 0.345 e. The first-order valence-corrected chi connectivity index (χ1v) is 9.48. The number of halogens is 2. The third-order valence-corrected chi connectivity index (χ3v) is 4.65. The van der Waals surface area contributed by atoms with Crippen LogP contribution in [0.4, 0.5) is 0 Å². The lowest BCUT2D eigenvalue weighted by Crippen LogP contribution is -2.30. The third kappa shape index (κ3) is 4.32. The van der Waals surface area contributed by atoms with Gasteiger partial charge in [0.25, 0.3) is 0 Å². The Balaban J connectivity index is 1.90. The Morgan fingerprint density at radius 1 is 1.18 bits per heavy atom. The first-order valence-electron chi connectivity index (χ1n) is 8.72. The van der Waals surface area contributed by atoms with Crippen molar-refractivity contribution in [2.75, 3.05) is 13.2 Å². The summed E-state index contributed by atoms with van der Waals surface area (Å²) in [6.45, 7) is 3.77. The van der Waals surface area contributed by atoms with Gasteiger partial charge in [0.05, 0.1) is 24.2 Å². The molecule has 0 N–H and O–H groups in total. The van der Waals surface area contributed by atoms with Crippen LogP contribution in [0.5, 0.6) is 11.5 Å². The molecule has 0 radical (unpaired) electrons. The highest BCUT2D eigenvalue weighted by atomic mass is 35.5. The Hall–Kier alpha value is -2.50. The number of hydrogen-bond donors (Lipinski definition) is 0. The molecule has 0 fully saturated rings. The van der Waals surface area contributed by atoms with E-state index < -0.39 is 11.9 Å². The molecule has 1 atom stereocenters. The van der Waals surface area contributed by atoms with Crippen molar-refractivity contribution in [3.63, 3.8) is 0 Å². The molecule has 7 heteroatoms. The van der Waals surface area contributed by atoms with Gasteiger partial charge in [0.15, 0.2) is 5.78 Å². The highest BCUT2D eigenvalue weighted by Gasteiger charge is 2.34. The summed E-state index contributed by atoms with van der Waals surface area (Å²) in [5.41, 5.74) is 0.521. The van der Waals surface area contributed by atoms with Gasteiger partial charge in [-0.25, -0.2) is 4.79 Å². The molecule has 5 nitrogen and oxygen atoms in total. The minimum Gasteiger partial charge on any atom is -0.491 e. The number of carbonyl (C=O) groups excluding carboxylic acids is 2. The molecule has 0 saturated heterocycles. The summed E-state index contributed by atoms with van der Waals surface area (Å²) in [7, 11) is 0. The first-order chi connectivity index (χ1) is 13.4. The average Bonchev–Trinajstić information content (AvgIpc) is 2.67. The molecule has 0 aliphatic carbocycles. The minimum absolute atomic E-state index is 0.0602. The van der Waals surface area contributed by atoms with E-state index in [1.54, 1.807) is 56.3 Å². The lowest BCUT2D eigenvalue weighted by atomic mass is 9.94. The number of benzene rings is 2. The number of Topliss-reactive ketones (excluding diaryl/α,β-unsaturated/α-hetero) is 1. The van der Waals surface area contributed by atoms with Crippen molar-refractivity contribution in [2.24, 2.45) is 5.92 Å². The number of carbonyl (C=O) groups is 2. The van der Waals surface area contributed by atoms with Crippen molar-refractivity contribution in [2.45, 2.75) is 13.8 Å². The van der Waals surface area contributed by atoms with Crippen LogP contribution in [0.1, 0.15) is 19.4 Å². The maximum Gasteiger partial charge on any atom is 0.345 e. The third-order valence-electron chi connectivity index (χ3n) is 4.12. The van der Waals surface area contributed by atoms with E-state index in [2.05, 4.69) is 0 Å². The maximum absolute atomic E-state index is 12.5. The van der Waals surface area contributed by atoms with Crippen LogP contribution in [0.15, 0.2) is 48.0 Å². The standard InChI is InChI=1S/C21H18Cl2O5/c1-3-26-21(25)18-19(24)12(2)11-27-20(18)13-4-7-15(8-5-13)28-17-9-6-14(22)10-16(17)23/h4-10,12H,3,11H2,1-2H3. The SMILES string of the molecule is CCOC(=O)C1=C(c2ccc(Oc3ccc(Cl)cc3Cl)cc2)OCC(C)C1=O. The highest BCUT2D eigenvalue weighted by Crippen LogP contribution is 2.34. The fraction of sp³-hybridized carbons (Fsp3) is 0.238. The molecule has 2 aromatic rings. The molecule has 1 unspecified atom stereocenters. The summed E-state index contributed by atoms with van der Waals surface area (Å²) in [6.07, 6.45) is 0. The predicted octanol–water partition coefficient (Wildman–Crippen LogP) is 5.30. The van der Waals surface area contributed by atoms with Crippen LogP contribution in [0, 0.1) is 5.92 Å². The number of hydrogen-bond acceptors (Lipinski definition) is 5. The van der Waals surface area contributed by atoms with Gasteiger partial charge < -0.3 is 14.2 Å². The van der Waals surface area contributed by atoms with E-state index in [9.17, 15) is 9.59 Å². The van der Waals surface area contributed by atoms with Crippen molar-refractivity contribution in [3.8, 4) is 11.5 Å². The summed E-state index contributed by atoms with van der Waals surface area (Å²) in [5, 5.41) is 0.901. The zero-order valence-corrected chi connectivity index (χ0v) is 16.8. The number of ketones is 1. The topological polar surface area (TPSA) is 61.8 Å². The Kier molecular flexibility index (Phi) is 6.27. The van der Waals surface area contributed by atoms with Gasteiger partial charge in [-0.2, -0.15) is 0 Å². The van der Waals surface area contributed by atoms with E-state index in [-0.39, 0.29) is 30.3 Å². The predicted molar refractivity (Wildman–Crippen MR) is 107 cm³/mol. The van der Waals surface area contributed by atoms with E-state index in [1.165, 1.54) is 0 Å². The molecule has 1 aliphatic heterocycles. The van der Waals surface area contributed by atoms with E-state index in [1.807, 2.05) is 0 Å². The summed E-state index contributed by atoms with van der Waals surface area (Å²) >= 11 is 12.0. The molecule has 0 aromatic heterocycles. The zero-order valence-electron chi connectivity index (χ0n) is 15.3. The van der Waals surface area contributed by atoms with Crippen LogP contribution < -0.4 is 4.74 Å². The number of rotatable bonds is 5. The molecular weight excluding hydrogens is 403 g/mol. The van der Waals surface area contributed by atoms with Crippen LogP contribution in [-0.4, -0.2) is 25.0 Å². The molecule has 146 valence electrons. The molecule has 28 heavy (non-hydrogen) atoms. The zero-order chi connectivity index (χ0) is 20.3. The molecule has 0 saturated carbocycles. The summed E-state index contributed by atoms with van der Waals surface area (Å²) in [6, 6.07) is 11.7. The lowest BCUT2D eigenvalue weighted by Gasteiger charge is -2.24. The van der Waals surface area contributed by atoms with Gasteiger partial charge in [-0.15, -0.1) is 0 Å². The van der Waals surface area contributed by atoms with Crippen LogP contribution in [0.25, 0.3) is 5.76 Å². The molecule has 1 aliphatic rings. The van der Waals surface area contributed by atoms with Gasteiger partial charge in [0, 0.05) is 10.6 Å². The number of ether oxygens (including phenoxy) is 3. The van der Waals surface area contributed by atoms with Crippen LogP contribution in [0.2, 0.25) is 10.0 Å². The Bertz CT molecular complexity index is 934. The molecule has 0 spiro atoms. The second-order valence-electron chi connectivity index (χ2n) is 6.20. The van der Waals surface area contributed by atoms with Crippen molar-refractivity contribution in [1.29, 1.82) is 0 Å². The van der Waals surface area contributed by atoms with Gasteiger partial charge >= 0.3 is 5.97 Å². The van der Waals surface area contributed by atoms with Crippen molar-refractivity contribution in [3.05, 3.63) is 63.6 Å². The van der Waals surface area contributed by atoms with E-state index in [0.717, 1.165) is 0 Å². The van der Waals surface area contributed by atoms with Crippen LogP contribution in [0.3, 0.4) is 0 Å². The van der Waals surface area contributed by atoms with Gasteiger partial charge in [-0.1, -0.05) is 30.1 Å².